The molecule has 1 N–H and O–H groups in total. The SMILES string of the molecule is CC1(C)C(NS(=O)(=O)c2ccccc2Br)C1(C)C. The van der Waals surface area contributed by atoms with Gasteiger partial charge < -0.3 is 0 Å². The second-order valence-electron chi connectivity index (χ2n) is 5.93. The van der Waals surface area contributed by atoms with E-state index in [-0.39, 0.29) is 16.9 Å². The van der Waals surface area contributed by atoms with Gasteiger partial charge >= 0.3 is 0 Å². The number of hydrogen-bond donors (Lipinski definition) is 1. The van der Waals surface area contributed by atoms with Crippen LogP contribution in [-0.2, 0) is 10.0 Å². The van der Waals surface area contributed by atoms with Crippen LogP contribution in [0.2, 0.25) is 0 Å². The Hall–Kier alpha value is -0.390. The minimum Gasteiger partial charge on any atom is -0.207 e. The summed E-state index contributed by atoms with van der Waals surface area (Å²) in [6.45, 7) is 8.33. The van der Waals surface area contributed by atoms with Gasteiger partial charge in [0, 0.05) is 10.5 Å². The summed E-state index contributed by atoms with van der Waals surface area (Å²) in [5.74, 6) is 0. The van der Waals surface area contributed by atoms with Gasteiger partial charge in [-0.1, -0.05) is 39.8 Å². The number of hydrogen-bond acceptors (Lipinski definition) is 2. The Morgan fingerprint density at radius 2 is 1.61 bits per heavy atom. The van der Waals surface area contributed by atoms with Crippen molar-refractivity contribution in [3.8, 4) is 0 Å². The lowest BCUT2D eigenvalue weighted by Crippen LogP contribution is -2.30. The van der Waals surface area contributed by atoms with Gasteiger partial charge in [0.15, 0.2) is 0 Å². The largest absolute Gasteiger partial charge is 0.241 e. The van der Waals surface area contributed by atoms with E-state index in [2.05, 4.69) is 48.3 Å². The van der Waals surface area contributed by atoms with E-state index in [9.17, 15) is 8.42 Å². The van der Waals surface area contributed by atoms with Gasteiger partial charge in [0.1, 0.15) is 0 Å². The van der Waals surface area contributed by atoms with Gasteiger partial charge in [-0.25, -0.2) is 13.1 Å². The molecule has 100 valence electrons. The first-order valence-electron chi connectivity index (χ1n) is 5.87. The molecular weight excluding hydrogens is 314 g/mol. The molecule has 5 heteroatoms. The minimum atomic E-state index is -3.47. The molecule has 0 aliphatic heterocycles. The number of nitrogens with one attached hydrogen (secondary N) is 1. The Morgan fingerprint density at radius 3 is 2.06 bits per heavy atom. The zero-order valence-corrected chi connectivity index (χ0v) is 13.4. The van der Waals surface area contributed by atoms with Crippen molar-refractivity contribution in [2.75, 3.05) is 0 Å². The fourth-order valence-corrected chi connectivity index (χ4v) is 4.91. The van der Waals surface area contributed by atoms with Crippen LogP contribution in [0.4, 0.5) is 0 Å². The molecule has 0 heterocycles. The Bertz CT molecular complexity index is 564. The molecule has 1 fully saturated rings. The van der Waals surface area contributed by atoms with Crippen LogP contribution in [0.3, 0.4) is 0 Å². The summed E-state index contributed by atoms with van der Waals surface area (Å²) in [5.41, 5.74) is -0.0251. The van der Waals surface area contributed by atoms with Gasteiger partial charge in [-0.3, -0.25) is 0 Å². The van der Waals surface area contributed by atoms with Gasteiger partial charge in [0.2, 0.25) is 10.0 Å². The van der Waals surface area contributed by atoms with Crippen LogP contribution in [0.5, 0.6) is 0 Å². The molecule has 2 rings (SSSR count). The molecule has 0 aromatic heterocycles. The number of halogens is 1. The Balaban J connectivity index is 2.29. The molecule has 0 saturated heterocycles. The zero-order chi connectivity index (χ0) is 13.8. The van der Waals surface area contributed by atoms with Crippen molar-refractivity contribution in [2.45, 2.75) is 38.6 Å². The van der Waals surface area contributed by atoms with E-state index in [1.807, 2.05) is 0 Å². The highest BCUT2D eigenvalue weighted by atomic mass is 79.9. The first kappa shape index (κ1) is 14.0. The summed E-state index contributed by atoms with van der Waals surface area (Å²) in [5, 5.41) is 0. The molecular formula is C13H18BrNO2S. The Morgan fingerprint density at radius 1 is 1.11 bits per heavy atom. The first-order valence-corrected chi connectivity index (χ1v) is 8.15. The van der Waals surface area contributed by atoms with Crippen LogP contribution < -0.4 is 4.72 Å². The van der Waals surface area contributed by atoms with E-state index >= 15 is 0 Å². The van der Waals surface area contributed by atoms with E-state index in [1.165, 1.54) is 0 Å². The molecule has 0 spiro atoms. The average Bonchev–Trinajstić information content (AvgIpc) is 2.61. The van der Waals surface area contributed by atoms with Crippen molar-refractivity contribution in [2.24, 2.45) is 10.8 Å². The zero-order valence-electron chi connectivity index (χ0n) is 11.0. The van der Waals surface area contributed by atoms with Gasteiger partial charge in [0.25, 0.3) is 0 Å². The predicted octanol–water partition coefficient (Wildman–Crippen LogP) is 3.16. The van der Waals surface area contributed by atoms with E-state index in [4.69, 9.17) is 0 Å². The van der Waals surface area contributed by atoms with Crippen LogP contribution in [0.25, 0.3) is 0 Å². The second-order valence-corrected chi connectivity index (χ2v) is 8.46. The maximum Gasteiger partial charge on any atom is 0.241 e. The lowest BCUT2D eigenvalue weighted by molar-refractivity contribution is 0.457. The fourth-order valence-electron chi connectivity index (χ4n) is 2.37. The molecule has 1 aromatic rings. The molecule has 1 aromatic carbocycles. The Kier molecular flexibility index (Phi) is 3.16. The van der Waals surface area contributed by atoms with E-state index in [1.54, 1.807) is 24.3 Å². The molecule has 0 atom stereocenters. The quantitative estimate of drug-likeness (QED) is 0.924. The van der Waals surface area contributed by atoms with Gasteiger partial charge in [-0.05, 0) is 38.9 Å². The highest BCUT2D eigenvalue weighted by Crippen LogP contribution is 2.63. The summed E-state index contributed by atoms with van der Waals surface area (Å²) in [7, 11) is -3.47. The predicted molar refractivity (Wildman–Crippen MR) is 75.8 cm³/mol. The van der Waals surface area contributed by atoms with Crippen molar-refractivity contribution < 1.29 is 8.42 Å². The van der Waals surface area contributed by atoms with Gasteiger partial charge in [-0.2, -0.15) is 0 Å². The smallest absolute Gasteiger partial charge is 0.207 e. The summed E-state index contributed by atoms with van der Waals surface area (Å²) in [6.07, 6.45) is 0. The third kappa shape index (κ3) is 2.02. The first-order chi connectivity index (χ1) is 8.11. The minimum absolute atomic E-state index is 0.0126. The molecule has 1 saturated carbocycles. The number of rotatable bonds is 3. The molecule has 0 radical (unpaired) electrons. The van der Waals surface area contributed by atoms with Crippen molar-refractivity contribution in [3.63, 3.8) is 0 Å². The van der Waals surface area contributed by atoms with Crippen LogP contribution in [-0.4, -0.2) is 14.5 Å². The van der Waals surface area contributed by atoms with Crippen LogP contribution in [0.1, 0.15) is 27.7 Å². The summed E-state index contributed by atoms with van der Waals surface area (Å²) < 4.78 is 28.1. The van der Waals surface area contributed by atoms with Crippen LogP contribution >= 0.6 is 15.9 Å². The lowest BCUT2D eigenvalue weighted by atomic mass is 10.0. The lowest BCUT2D eigenvalue weighted by Gasteiger charge is -2.09. The van der Waals surface area contributed by atoms with Crippen molar-refractivity contribution in [1.82, 2.24) is 4.72 Å². The molecule has 18 heavy (non-hydrogen) atoms. The number of benzene rings is 1. The highest BCUT2D eigenvalue weighted by molar-refractivity contribution is 9.10. The topological polar surface area (TPSA) is 46.2 Å². The standard InChI is InChI=1S/C13H18BrNO2S/c1-12(2)11(13(12,3)4)15-18(16,17)10-8-6-5-7-9(10)14/h5-8,11,15H,1-4H3. The molecule has 1 aliphatic rings. The van der Waals surface area contributed by atoms with E-state index in [0.29, 0.717) is 9.37 Å². The highest BCUT2D eigenvalue weighted by Gasteiger charge is 2.66. The van der Waals surface area contributed by atoms with Gasteiger partial charge in [-0.15, -0.1) is 0 Å². The maximum atomic E-state index is 12.3. The molecule has 0 amide bonds. The maximum absolute atomic E-state index is 12.3. The summed E-state index contributed by atoms with van der Waals surface area (Å²) in [4.78, 5) is 0.295. The van der Waals surface area contributed by atoms with Gasteiger partial charge in [0.05, 0.1) is 4.90 Å². The summed E-state index contributed by atoms with van der Waals surface area (Å²) in [6, 6.07) is 6.84. The second kappa shape index (κ2) is 4.05. The third-order valence-electron chi connectivity index (χ3n) is 4.42. The van der Waals surface area contributed by atoms with Crippen molar-refractivity contribution in [1.29, 1.82) is 0 Å². The van der Waals surface area contributed by atoms with Crippen LogP contribution in [0.15, 0.2) is 33.6 Å². The normalized spacial score (nSPS) is 21.8. The van der Waals surface area contributed by atoms with Crippen molar-refractivity contribution >= 4 is 26.0 Å². The fraction of sp³-hybridized carbons (Fsp3) is 0.538. The monoisotopic (exact) mass is 331 g/mol. The third-order valence-corrected chi connectivity index (χ3v) is 6.85. The Labute approximate surface area is 117 Å². The molecule has 3 nitrogen and oxygen atoms in total. The molecule has 0 unspecified atom stereocenters. The molecule has 1 aliphatic carbocycles. The van der Waals surface area contributed by atoms with E-state index in [0.717, 1.165) is 0 Å². The van der Waals surface area contributed by atoms with Crippen molar-refractivity contribution in [3.05, 3.63) is 28.7 Å². The average molecular weight is 332 g/mol. The van der Waals surface area contributed by atoms with Crippen LogP contribution in [0, 0.1) is 10.8 Å². The number of sulfonamides is 1. The van der Waals surface area contributed by atoms with E-state index < -0.39 is 10.0 Å². The molecule has 0 bridgehead atoms. The summed E-state index contributed by atoms with van der Waals surface area (Å²) >= 11 is 3.28.